The van der Waals surface area contributed by atoms with E-state index < -0.39 is 0 Å². The third kappa shape index (κ3) is 3.85. The largest absolute Gasteiger partial charge is 0.398 e. The smallest absolute Gasteiger partial charge is 0.251 e. The SMILES string of the molecule is CC1(CNC(=O)Cn2cc(N)ccc2=O)CCCCC1. The molecule has 1 aliphatic carbocycles. The molecule has 1 aromatic heterocycles. The Morgan fingerprint density at radius 3 is 2.75 bits per heavy atom. The van der Waals surface area contributed by atoms with E-state index in [1.165, 1.54) is 36.1 Å². The number of nitrogens with two attached hydrogens (primary N) is 1. The standard InChI is InChI=1S/C15H23N3O2/c1-15(7-3-2-4-8-15)11-17-13(19)10-18-9-12(16)5-6-14(18)20/h5-6,9H,2-4,7-8,10-11,16H2,1H3,(H,17,19). The molecule has 0 unspecified atom stereocenters. The van der Waals surface area contributed by atoms with Gasteiger partial charge in [-0.15, -0.1) is 0 Å². The molecule has 20 heavy (non-hydrogen) atoms. The third-order valence-electron chi connectivity index (χ3n) is 4.09. The first-order valence-electron chi connectivity index (χ1n) is 7.21. The number of anilines is 1. The number of nitrogen functional groups attached to an aromatic ring is 1. The fourth-order valence-corrected chi connectivity index (χ4v) is 2.78. The highest BCUT2D eigenvalue weighted by Crippen LogP contribution is 2.34. The molecule has 0 radical (unpaired) electrons. The fraction of sp³-hybridized carbons (Fsp3) is 0.600. The Bertz CT molecular complexity index is 530. The normalized spacial score (nSPS) is 17.6. The Morgan fingerprint density at radius 1 is 1.35 bits per heavy atom. The van der Waals surface area contributed by atoms with Crippen LogP contribution in [-0.2, 0) is 11.3 Å². The summed E-state index contributed by atoms with van der Waals surface area (Å²) >= 11 is 0. The first-order chi connectivity index (χ1) is 9.48. The molecular formula is C15H23N3O2. The summed E-state index contributed by atoms with van der Waals surface area (Å²) < 4.78 is 1.34. The minimum absolute atomic E-state index is 0.0277. The van der Waals surface area contributed by atoms with Gasteiger partial charge < -0.3 is 15.6 Å². The molecule has 0 aromatic carbocycles. The summed E-state index contributed by atoms with van der Waals surface area (Å²) in [5.74, 6) is -0.135. The summed E-state index contributed by atoms with van der Waals surface area (Å²) in [5, 5.41) is 2.95. The van der Waals surface area contributed by atoms with Crippen molar-refractivity contribution in [1.29, 1.82) is 0 Å². The number of aromatic nitrogens is 1. The molecule has 1 aromatic rings. The van der Waals surface area contributed by atoms with Crippen molar-refractivity contribution in [2.45, 2.75) is 45.6 Å². The first kappa shape index (κ1) is 14.6. The Kier molecular flexibility index (Phi) is 4.47. The molecule has 0 atom stereocenters. The molecule has 1 aliphatic rings. The van der Waals surface area contributed by atoms with Crippen LogP contribution < -0.4 is 16.6 Å². The Morgan fingerprint density at radius 2 is 2.05 bits per heavy atom. The highest BCUT2D eigenvalue weighted by atomic mass is 16.2. The van der Waals surface area contributed by atoms with Gasteiger partial charge in [0.05, 0.1) is 0 Å². The number of rotatable bonds is 4. The van der Waals surface area contributed by atoms with E-state index in [-0.39, 0.29) is 23.4 Å². The van der Waals surface area contributed by atoms with Crippen molar-refractivity contribution in [3.05, 3.63) is 28.7 Å². The molecular weight excluding hydrogens is 254 g/mol. The zero-order valence-corrected chi connectivity index (χ0v) is 12.0. The predicted molar refractivity (Wildman–Crippen MR) is 79.3 cm³/mol. The maximum atomic E-state index is 11.9. The summed E-state index contributed by atoms with van der Waals surface area (Å²) in [4.78, 5) is 23.6. The van der Waals surface area contributed by atoms with Crippen molar-refractivity contribution < 1.29 is 4.79 Å². The van der Waals surface area contributed by atoms with E-state index in [9.17, 15) is 9.59 Å². The second-order valence-corrected chi connectivity index (χ2v) is 6.08. The molecule has 2 rings (SSSR count). The maximum absolute atomic E-state index is 11.9. The molecule has 0 saturated heterocycles. The molecule has 5 nitrogen and oxygen atoms in total. The van der Waals surface area contributed by atoms with E-state index in [0.29, 0.717) is 12.2 Å². The highest BCUT2D eigenvalue weighted by Gasteiger charge is 2.27. The van der Waals surface area contributed by atoms with Gasteiger partial charge in [0.15, 0.2) is 0 Å². The van der Waals surface area contributed by atoms with Gasteiger partial charge in [0.1, 0.15) is 6.54 Å². The van der Waals surface area contributed by atoms with Crippen LogP contribution in [0.3, 0.4) is 0 Å². The average molecular weight is 277 g/mol. The van der Waals surface area contributed by atoms with Crippen LogP contribution in [0.2, 0.25) is 0 Å². The van der Waals surface area contributed by atoms with Gasteiger partial charge in [0.25, 0.3) is 5.56 Å². The van der Waals surface area contributed by atoms with Crippen LogP contribution in [0.5, 0.6) is 0 Å². The second kappa shape index (κ2) is 6.11. The first-order valence-corrected chi connectivity index (χ1v) is 7.21. The molecule has 1 amide bonds. The predicted octanol–water partition coefficient (Wildman–Crippen LogP) is 1.52. The molecule has 1 saturated carbocycles. The van der Waals surface area contributed by atoms with E-state index in [2.05, 4.69) is 12.2 Å². The van der Waals surface area contributed by atoms with Crippen LogP contribution >= 0.6 is 0 Å². The Labute approximate surface area is 119 Å². The lowest BCUT2D eigenvalue weighted by Crippen LogP contribution is -2.39. The van der Waals surface area contributed by atoms with Crippen molar-refractivity contribution in [3.63, 3.8) is 0 Å². The zero-order valence-electron chi connectivity index (χ0n) is 12.0. The van der Waals surface area contributed by atoms with Crippen LogP contribution in [0.15, 0.2) is 23.1 Å². The van der Waals surface area contributed by atoms with Gasteiger partial charge in [0.2, 0.25) is 5.91 Å². The molecule has 5 heteroatoms. The van der Waals surface area contributed by atoms with Gasteiger partial charge >= 0.3 is 0 Å². The number of carbonyl (C=O) groups is 1. The van der Waals surface area contributed by atoms with Gasteiger partial charge in [-0.2, -0.15) is 0 Å². The summed E-state index contributed by atoms with van der Waals surface area (Å²) in [6.07, 6.45) is 7.59. The van der Waals surface area contributed by atoms with Crippen molar-refractivity contribution in [2.75, 3.05) is 12.3 Å². The topological polar surface area (TPSA) is 77.1 Å². The molecule has 1 fully saturated rings. The number of amides is 1. The van der Waals surface area contributed by atoms with Crippen LogP contribution in [0, 0.1) is 5.41 Å². The number of hydrogen-bond acceptors (Lipinski definition) is 3. The maximum Gasteiger partial charge on any atom is 0.251 e. The van der Waals surface area contributed by atoms with Crippen LogP contribution in [0.1, 0.15) is 39.0 Å². The summed E-state index contributed by atoms with van der Waals surface area (Å²) in [6.45, 7) is 2.93. The number of nitrogens with one attached hydrogen (secondary N) is 1. The molecule has 0 spiro atoms. The van der Waals surface area contributed by atoms with E-state index >= 15 is 0 Å². The minimum Gasteiger partial charge on any atom is -0.398 e. The van der Waals surface area contributed by atoms with Gasteiger partial charge in [-0.25, -0.2) is 0 Å². The monoisotopic (exact) mass is 277 g/mol. The van der Waals surface area contributed by atoms with Crippen molar-refractivity contribution in [2.24, 2.45) is 5.41 Å². The number of pyridine rings is 1. The second-order valence-electron chi connectivity index (χ2n) is 6.08. The van der Waals surface area contributed by atoms with Crippen LogP contribution in [0.25, 0.3) is 0 Å². The average Bonchev–Trinajstić information content (AvgIpc) is 2.42. The van der Waals surface area contributed by atoms with Crippen LogP contribution in [-0.4, -0.2) is 17.0 Å². The van der Waals surface area contributed by atoms with Crippen molar-refractivity contribution in [1.82, 2.24) is 9.88 Å². The van der Waals surface area contributed by atoms with E-state index in [1.54, 1.807) is 6.07 Å². The zero-order chi connectivity index (χ0) is 14.6. The Balaban J connectivity index is 1.89. The lowest BCUT2D eigenvalue weighted by molar-refractivity contribution is -0.122. The molecule has 110 valence electrons. The molecule has 0 bridgehead atoms. The van der Waals surface area contributed by atoms with Gasteiger partial charge in [-0.05, 0) is 24.3 Å². The van der Waals surface area contributed by atoms with Crippen molar-refractivity contribution in [3.8, 4) is 0 Å². The number of carbonyl (C=O) groups excluding carboxylic acids is 1. The Hall–Kier alpha value is -1.78. The molecule has 1 heterocycles. The van der Waals surface area contributed by atoms with E-state index in [4.69, 9.17) is 5.73 Å². The quantitative estimate of drug-likeness (QED) is 0.876. The van der Waals surface area contributed by atoms with E-state index in [0.717, 1.165) is 12.8 Å². The van der Waals surface area contributed by atoms with Gasteiger partial charge in [-0.3, -0.25) is 9.59 Å². The van der Waals surface area contributed by atoms with Gasteiger partial charge in [-0.1, -0.05) is 26.2 Å². The van der Waals surface area contributed by atoms with Gasteiger partial charge in [0, 0.05) is 24.5 Å². The molecule has 3 N–H and O–H groups in total. The molecule has 0 aliphatic heterocycles. The summed E-state index contributed by atoms with van der Waals surface area (Å²) in [5.41, 5.74) is 6.10. The highest BCUT2D eigenvalue weighted by molar-refractivity contribution is 5.75. The third-order valence-corrected chi connectivity index (χ3v) is 4.09. The van der Waals surface area contributed by atoms with Crippen LogP contribution in [0.4, 0.5) is 5.69 Å². The lowest BCUT2D eigenvalue weighted by Gasteiger charge is -2.33. The van der Waals surface area contributed by atoms with E-state index in [1.807, 2.05) is 0 Å². The minimum atomic E-state index is -0.210. The number of hydrogen-bond donors (Lipinski definition) is 2. The lowest BCUT2D eigenvalue weighted by atomic mass is 9.76. The summed E-state index contributed by atoms with van der Waals surface area (Å²) in [7, 11) is 0. The van der Waals surface area contributed by atoms with Crippen molar-refractivity contribution >= 4 is 11.6 Å². The fourth-order valence-electron chi connectivity index (χ4n) is 2.78. The summed E-state index contributed by atoms with van der Waals surface area (Å²) in [6, 6.07) is 2.92. The number of nitrogens with zero attached hydrogens (tertiary/aromatic N) is 1.